The Kier molecular flexibility index (Phi) is 12.9. The molecule has 35 heavy (non-hydrogen) atoms. The van der Waals surface area contributed by atoms with Crippen LogP contribution in [0.4, 0.5) is 0 Å². The average Bonchev–Trinajstić information content (AvgIpc) is 3.19. The van der Waals surface area contributed by atoms with Crippen LogP contribution in [0.3, 0.4) is 0 Å². The molecule has 0 spiro atoms. The first-order valence-electron chi connectivity index (χ1n) is 12.3. The van der Waals surface area contributed by atoms with Crippen LogP contribution in [0.5, 0.6) is 0 Å². The van der Waals surface area contributed by atoms with Gasteiger partial charge in [-0.1, -0.05) is 61.6 Å². The lowest BCUT2D eigenvalue weighted by Crippen LogP contribution is -2.18. The van der Waals surface area contributed by atoms with Crippen LogP contribution < -0.4 is 0 Å². The largest absolute Gasteiger partial charge is 0.392 e. The van der Waals surface area contributed by atoms with Crippen LogP contribution in [0, 0.1) is 5.92 Å². The monoisotopic (exact) mass is 502 g/mol. The van der Waals surface area contributed by atoms with E-state index in [-0.39, 0.29) is 29.0 Å². The number of hydrogen-bond donors (Lipinski definition) is 2. The van der Waals surface area contributed by atoms with Gasteiger partial charge >= 0.3 is 0 Å². The van der Waals surface area contributed by atoms with Crippen LogP contribution >= 0.6 is 0 Å². The minimum absolute atomic E-state index is 0.00856. The third kappa shape index (κ3) is 10.9. The van der Waals surface area contributed by atoms with Gasteiger partial charge in [-0.3, -0.25) is 4.79 Å². The van der Waals surface area contributed by atoms with Crippen molar-refractivity contribution in [3.63, 3.8) is 0 Å². The Bertz CT molecular complexity index is 992. The summed E-state index contributed by atoms with van der Waals surface area (Å²) in [6.45, 7) is 1.99. The zero-order valence-corrected chi connectivity index (χ0v) is 21.3. The third-order valence-corrected chi connectivity index (χ3v) is 7.42. The second-order valence-corrected chi connectivity index (χ2v) is 10.7. The predicted octanol–water partition coefficient (Wildman–Crippen LogP) is 4.70. The van der Waals surface area contributed by atoms with Gasteiger partial charge in [0, 0.05) is 11.5 Å². The van der Waals surface area contributed by atoms with Crippen molar-refractivity contribution in [1.82, 2.24) is 0 Å². The molecule has 1 aliphatic rings. The maximum atomic E-state index is 12.2. The van der Waals surface area contributed by atoms with Gasteiger partial charge in [-0.05, 0) is 63.2 Å². The molecule has 2 rings (SSSR count). The molecule has 1 aromatic rings. The first kappa shape index (κ1) is 28.9. The second-order valence-electron chi connectivity index (χ2n) is 8.59. The molecular weight excluding hydrogens is 464 g/mol. The van der Waals surface area contributed by atoms with Gasteiger partial charge in [0.05, 0.1) is 23.4 Å². The molecule has 1 aliphatic carbocycles. The Labute approximate surface area is 209 Å². The molecule has 0 amide bonds. The number of sulfone groups is 1. The van der Waals surface area contributed by atoms with Crippen LogP contribution in [-0.2, 0) is 19.4 Å². The molecule has 0 bridgehead atoms. The Morgan fingerprint density at radius 3 is 2.57 bits per heavy atom. The van der Waals surface area contributed by atoms with Gasteiger partial charge in [0.2, 0.25) is 0 Å². The molecule has 3 atom stereocenters. The number of ketones is 1. The number of rotatable bonds is 16. The van der Waals surface area contributed by atoms with Gasteiger partial charge in [-0.25, -0.2) is 8.42 Å². The van der Waals surface area contributed by atoms with E-state index in [1.807, 2.05) is 43.4 Å². The van der Waals surface area contributed by atoms with E-state index in [4.69, 9.17) is 4.74 Å². The zero-order valence-electron chi connectivity index (χ0n) is 20.5. The summed E-state index contributed by atoms with van der Waals surface area (Å²) in [4.78, 5) is 12.4. The number of aliphatic hydroxyl groups is 2. The molecule has 3 unspecified atom stereocenters. The van der Waals surface area contributed by atoms with E-state index in [0.717, 1.165) is 18.4 Å². The molecule has 0 saturated carbocycles. The topological polar surface area (TPSA) is 101 Å². The second kappa shape index (κ2) is 15.6. The van der Waals surface area contributed by atoms with Crippen LogP contribution in [0.25, 0.3) is 0 Å². The van der Waals surface area contributed by atoms with Crippen molar-refractivity contribution in [3.05, 3.63) is 78.4 Å². The Balaban J connectivity index is 1.64. The summed E-state index contributed by atoms with van der Waals surface area (Å²) in [6.07, 6.45) is 16.5. The number of hydrogen-bond acceptors (Lipinski definition) is 6. The lowest BCUT2D eigenvalue weighted by Gasteiger charge is -2.12. The van der Waals surface area contributed by atoms with Crippen LogP contribution in [-0.4, -0.2) is 49.2 Å². The molecule has 0 aliphatic heterocycles. The summed E-state index contributed by atoms with van der Waals surface area (Å²) in [5.41, 5.74) is 0.738. The number of benzene rings is 1. The summed E-state index contributed by atoms with van der Waals surface area (Å²) >= 11 is 0. The molecule has 0 saturated heterocycles. The highest BCUT2D eigenvalue weighted by molar-refractivity contribution is 7.91. The lowest BCUT2D eigenvalue weighted by molar-refractivity contribution is -0.111. The van der Waals surface area contributed by atoms with Crippen LogP contribution in [0.2, 0.25) is 0 Å². The Morgan fingerprint density at radius 2 is 1.83 bits per heavy atom. The van der Waals surface area contributed by atoms with Gasteiger partial charge in [-0.15, -0.1) is 0 Å². The van der Waals surface area contributed by atoms with Crippen LogP contribution in [0.1, 0.15) is 51.9 Å². The number of carbonyl (C=O) groups is 1. The summed E-state index contributed by atoms with van der Waals surface area (Å²) in [6, 6.07) is 8.19. The van der Waals surface area contributed by atoms with Crippen molar-refractivity contribution in [2.24, 2.45) is 5.92 Å². The molecule has 0 radical (unpaired) electrons. The highest BCUT2D eigenvalue weighted by Crippen LogP contribution is 2.26. The fourth-order valence-electron chi connectivity index (χ4n) is 3.72. The molecule has 0 heterocycles. The smallest absolute Gasteiger partial charge is 0.181 e. The van der Waals surface area contributed by atoms with Crippen molar-refractivity contribution in [2.75, 3.05) is 12.4 Å². The molecule has 6 nitrogen and oxygen atoms in total. The van der Waals surface area contributed by atoms with Crippen molar-refractivity contribution in [1.29, 1.82) is 0 Å². The summed E-state index contributed by atoms with van der Waals surface area (Å²) in [5.74, 6) is -0.143. The summed E-state index contributed by atoms with van der Waals surface area (Å²) in [5, 5.41) is 20.0. The molecule has 2 N–H and O–H groups in total. The Hall–Kier alpha value is -2.32. The molecule has 7 heteroatoms. The first-order chi connectivity index (χ1) is 16.8. The maximum Gasteiger partial charge on any atom is 0.181 e. The van der Waals surface area contributed by atoms with Crippen molar-refractivity contribution >= 4 is 15.6 Å². The van der Waals surface area contributed by atoms with Gasteiger partial charge in [0.1, 0.15) is 0 Å². The van der Waals surface area contributed by atoms with Gasteiger partial charge in [0.15, 0.2) is 21.9 Å². The highest BCUT2D eigenvalue weighted by Gasteiger charge is 2.22. The molecule has 192 valence electrons. The van der Waals surface area contributed by atoms with E-state index in [9.17, 15) is 23.4 Å². The molecule has 0 aromatic heterocycles. The number of unbranched alkanes of at least 4 members (excludes halogenated alkanes) is 1. The van der Waals surface area contributed by atoms with Crippen molar-refractivity contribution in [2.45, 2.75) is 69.2 Å². The molecular formula is C28H38O6S. The number of aliphatic hydroxyl groups excluding tert-OH is 2. The average molecular weight is 503 g/mol. The summed E-state index contributed by atoms with van der Waals surface area (Å²) in [7, 11) is -3.42. The standard InChI is InChI=1S/C28H38O6S/c1-2-3-7-13-24(29)18-19-26-23(17-20-27(26)30)12-8-4-5-11-16-28(31)34-21-22-35(32,33)25-14-9-6-10-15-25/h3-4,6-10,14-15,17,19-20,23-24,28-29,31H,2,5,11-13,16,18,21-22H2,1H3. The fourth-order valence-corrected chi connectivity index (χ4v) is 4.84. The van der Waals surface area contributed by atoms with Gasteiger partial charge in [-0.2, -0.15) is 0 Å². The van der Waals surface area contributed by atoms with E-state index < -0.39 is 22.2 Å². The van der Waals surface area contributed by atoms with Gasteiger partial charge < -0.3 is 14.9 Å². The SMILES string of the molecule is CCC=CCC(O)CC=C1C(=O)C=CC1CC=CCCCC(O)OCCS(=O)(=O)c1ccccc1. The van der Waals surface area contributed by atoms with E-state index in [0.29, 0.717) is 32.1 Å². The fraction of sp³-hybridized carbons (Fsp3) is 0.464. The highest BCUT2D eigenvalue weighted by atomic mass is 32.2. The summed E-state index contributed by atoms with van der Waals surface area (Å²) < 4.78 is 29.7. The third-order valence-electron chi connectivity index (χ3n) is 5.73. The van der Waals surface area contributed by atoms with Gasteiger partial charge in [0.25, 0.3) is 0 Å². The number of allylic oxidation sites excluding steroid dienone is 6. The first-order valence-corrected chi connectivity index (χ1v) is 14.0. The lowest BCUT2D eigenvalue weighted by atomic mass is 9.96. The van der Waals surface area contributed by atoms with E-state index >= 15 is 0 Å². The van der Waals surface area contributed by atoms with E-state index in [1.165, 1.54) is 0 Å². The molecule has 1 aromatic carbocycles. The van der Waals surface area contributed by atoms with Crippen LogP contribution in [0.15, 0.2) is 83.3 Å². The normalized spacial score (nSPS) is 19.3. The number of carbonyl (C=O) groups excluding carboxylic acids is 1. The van der Waals surface area contributed by atoms with Crippen molar-refractivity contribution in [3.8, 4) is 0 Å². The maximum absolute atomic E-state index is 12.2. The quantitative estimate of drug-likeness (QED) is 0.147. The van der Waals surface area contributed by atoms with E-state index in [2.05, 4.69) is 0 Å². The minimum atomic E-state index is -3.42. The predicted molar refractivity (Wildman–Crippen MR) is 138 cm³/mol. The van der Waals surface area contributed by atoms with E-state index in [1.54, 1.807) is 36.4 Å². The van der Waals surface area contributed by atoms with Crippen molar-refractivity contribution < 1.29 is 28.2 Å². The number of ether oxygens (including phenoxy) is 1. The minimum Gasteiger partial charge on any atom is -0.392 e. The Morgan fingerprint density at radius 1 is 1.06 bits per heavy atom. The zero-order chi connectivity index (χ0) is 25.5. The molecule has 0 fully saturated rings.